The highest BCUT2D eigenvalue weighted by Gasteiger charge is 2.26. The van der Waals surface area contributed by atoms with Gasteiger partial charge in [0.1, 0.15) is 22.4 Å². The molecule has 0 fully saturated rings. The molecule has 0 spiro atoms. The van der Waals surface area contributed by atoms with E-state index in [4.69, 9.17) is 9.47 Å². The smallest absolute Gasteiger partial charge is 0.242 e. The zero-order valence-corrected chi connectivity index (χ0v) is 19.2. The second-order valence-corrected chi connectivity index (χ2v) is 8.25. The lowest BCUT2D eigenvalue weighted by Gasteiger charge is -2.17. The molecule has 0 aliphatic heterocycles. The molecule has 0 radical (unpaired) electrons. The fourth-order valence-electron chi connectivity index (χ4n) is 3.28. The lowest BCUT2D eigenvalue weighted by molar-refractivity contribution is -0.115. The quantitative estimate of drug-likeness (QED) is 0.387. The molecule has 0 saturated heterocycles. The van der Waals surface area contributed by atoms with Crippen LogP contribution in [0, 0.1) is 6.92 Å². The van der Waals surface area contributed by atoms with Crippen LogP contribution >= 0.6 is 11.8 Å². The van der Waals surface area contributed by atoms with Crippen LogP contribution in [-0.2, 0) is 4.79 Å². The second kappa shape index (κ2) is 10.2. The van der Waals surface area contributed by atoms with Crippen molar-refractivity contribution < 1.29 is 14.3 Å². The molecule has 1 aromatic heterocycles. The molecule has 0 saturated carbocycles. The molecule has 3 aromatic carbocycles. The molecule has 9 heteroatoms. The number of methoxy groups -OCH3 is 2. The topological polar surface area (TPSA) is 91.2 Å². The van der Waals surface area contributed by atoms with Gasteiger partial charge in [-0.05, 0) is 52.7 Å². The van der Waals surface area contributed by atoms with Crippen LogP contribution in [0.3, 0.4) is 0 Å². The molecule has 1 N–H and O–H groups in total. The van der Waals surface area contributed by atoms with E-state index >= 15 is 0 Å². The minimum atomic E-state index is -0.599. The van der Waals surface area contributed by atoms with Crippen molar-refractivity contribution in [2.24, 2.45) is 0 Å². The zero-order valence-electron chi connectivity index (χ0n) is 18.4. The maximum atomic E-state index is 13.4. The van der Waals surface area contributed by atoms with Crippen molar-refractivity contribution in [3.8, 4) is 17.2 Å². The average Bonchev–Trinajstić information content (AvgIpc) is 3.31. The van der Waals surface area contributed by atoms with E-state index in [1.165, 1.54) is 11.8 Å². The monoisotopic (exact) mass is 461 g/mol. The molecule has 8 nitrogen and oxygen atoms in total. The second-order valence-electron chi connectivity index (χ2n) is 7.18. The Morgan fingerprint density at radius 1 is 1.00 bits per heavy atom. The van der Waals surface area contributed by atoms with E-state index in [0.29, 0.717) is 28.0 Å². The van der Waals surface area contributed by atoms with Gasteiger partial charge in [-0.15, -0.1) is 5.10 Å². The van der Waals surface area contributed by atoms with Gasteiger partial charge in [-0.25, -0.2) is 0 Å². The first-order valence-corrected chi connectivity index (χ1v) is 11.1. The molecule has 0 aliphatic rings. The van der Waals surface area contributed by atoms with Gasteiger partial charge in [-0.1, -0.05) is 54.2 Å². The van der Waals surface area contributed by atoms with E-state index < -0.39 is 5.25 Å². The van der Waals surface area contributed by atoms with E-state index in [-0.39, 0.29) is 5.91 Å². The van der Waals surface area contributed by atoms with Crippen LogP contribution in [0.5, 0.6) is 11.5 Å². The molecule has 168 valence electrons. The van der Waals surface area contributed by atoms with E-state index in [2.05, 4.69) is 20.8 Å². The number of nitrogens with one attached hydrogen (secondary N) is 1. The summed E-state index contributed by atoms with van der Waals surface area (Å²) in [5, 5.41) is 15.0. The number of carbonyl (C=O) groups excluding carboxylic acids is 1. The number of aryl methyl sites for hydroxylation is 1. The van der Waals surface area contributed by atoms with E-state index in [1.807, 2.05) is 73.7 Å². The summed E-state index contributed by atoms with van der Waals surface area (Å²) in [6.07, 6.45) is 0. The first-order valence-electron chi connectivity index (χ1n) is 10.2. The molecular formula is C24H23N5O3S. The van der Waals surface area contributed by atoms with Gasteiger partial charge in [-0.2, -0.15) is 4.68 Å². The van der Waals surface area contributed by atoms with Crippen LogP contribution in [0.25, 0.3) is 5.69 Å². The van der Waals surface area contributed by atoms with Crippen LogP contribution in [0.4, 0.5) is 5.69 Å². The summed E-state index contributed by atoms with van der Waals surface area (Å²) in [5.41, 5.74) is 3.20. The van der Waals surface area contributed by atoms with Gasteiger partial charge in [0, 0.05) is 11.8 Å². The number of rotatable bonds is 8. The van der Waals surface area contributed by atoms with Gasteiger partial charge in [0.2, 0.25) is 11.1 Å². The highest BCUT2D eigenvalue weighted by molar-refractivity contribution is 8.00. The largest absolute Gasteiger partial charge is 0.497 e. The third kappa shape index (κ3) is 5.15. The summed E-state index contributed by atoms with van der Waals surface area (Å²) in [6, 6.07) is 22.5. The van der Waals surface area contributed by atoms with Crippen molar-refractivity contribution in [2.45, 2.75) is 17.3 Å². The van der Waals surface area contributed by atoms with E-state index in [0.717, 1.165) is 11.1 Å². The Balaban J connectivity index is 1.68. The first-order chi connectivity index (χ1) is 16.1. The number of aromatic nitrogens is 4. The number of hydrogen-bond donors (Lipinski definition) is 1. The SMILES string of the molecule is COc1cccc(NC(=O)[C@H](Sc2nnnn2-c2cc(C)ccc2OC)c2ccccc2)c1. The number of nitrogens with zero attached hydrogens (tertiary/aromatic N) is 4. The van der Waals surface area contributed by atoms with Gasteiger partial charge in [-0.3, -0.25) is 4.79 Å². The molecule has 0 bridgehead atoms. The summed E-state index contributed by atoms with van der Waals surface area (Å²) in [7, 11) is 3.18. The summed E-state index contributed by atoms with van der Waals surface area (Å²) >= 11 is 1.26. The Bertz CT molecular complexity index is 1250. The van der Waals surface area contributed by atoms with Gasteiger partial charge in [0.15, 0.2) is 0 Å². The fraction of sp³-hybridized carbons (Fsp3) is 0.167. The summed E-state index contributed by atoms with van der Waals surface area (Å²) in [6.45, 7) is 1.98. The zero-order chi connectivity index (χ0) is 23.2. The number of ether oxygens (including phenoxy) is 2. The van der Waals surface area contributed by atoms with E-state index in [1.54, 1.807) is 25.0 Å². The van der Waals surface area contributed by atoms with Crippen LogP contribution < -0.4 is 14.8 Å². The Morgan fingerprint density at radius 3 is 2.58 bits per heavy atom. The van der Waals surface area contributed by atoms with Crippen molar-refractivity contribution in [3.05, 3.63) is 83.9 Å². The number of anilines is 1. The maximum Gasteiger partial charge on any atom is 0.242 e. The predicted molar refractivity (Wildman–Crippen MR) is 127 cm³/mol. The first kappa shape index (κ1) is 22.3. The highest BCUT2D eigenvalue weighted by atomic mass is 32.2. The lowest BCUT2D eigenvalue weighted by atomic mass is 10.1. The number of thioether (sulfide) groups is 1. The number of carbonyl (C=O) groups is 1. The highest BCUT2D eigenvalue weighted by Crippen LogP contribution is 2.37. The summed E-state index contributed by atoms with van der Waals surface area (Å²) in [5.74, 6) is 1.09. The third-order valence-electron chi connectivity index (χ3n) is 4.90. The molecule has 4 rings (SSSR count). The Labute approximate surface area is 195 Å². The predicted octanol–water partition coefficient (Wildman–Crippen LogP) is 4.46. The average molecular weight is 462 g/mol. The third-order valence-corrected chi connectivity index (χ3v) is 6.09. The van der Waals surface area contributed by atoms with Crippen molar-refractivity contribution in [3.63, 3.8) is 0 Å². The van der Waals surface area contributed by atoms with Crippen LogP contribution in [0.15, 0.2) is 78.0 Å². The van der Waals surface area contributed by atoms with Gasteiger partial charge >= 0.3 is 0 Å². The number of hydrogen-bond acceptors (Lipinski definition) is 7. The lowest BCUT2D eigenvalue weighted by Crippen LogP contribution is -2.19. The summed E-state index contributed by atoms with van der Waals surface area (Å²) < 4.78 is 12.4. The van der Waals surface area contributed by atoms with Gasteiger partial charge < -0.3 is 14.8 Å². The van der Waals surface area contributed by atoms with E-state index in [9.17, 15) is 4.79 Å². The molecule has 1 heterocycles. The molecule has 0 aliphatic carbocycles. The summed E-state index contributed by atoms with van der Waals surface area (Å²) in [4.78, 5) is 13.4. The molecule has 33 heavy (non-hydrogen) atoms. The Morgan fingerprint density at radius 2 is 1.82 bits per heavy atom. The van der Waals surface area contributed by atoms with Crippen molar-refractivity contribution in [2.75, 3.05) is 19.5 Å². The van der Waals surface area contributed by atoms with Crippen molar-refractivity contribution >= 4 is 23.4 Å². The van der Waals surface area contributed by atoms with Crippen LogP contribution in [-0.4, -0.2) is 40.3 Å². The maximum absolute atomic E-state index is 13.4. The normalized spacial score (nSPS) is 11.6. The Kier molecular flexibility index (Phi) is 6.89. The molecule has 1 amide bonds. The molecule has 0 unspecified atom stereocenters. The standard InChI is InChI=1S/C24H23N5O3S/c1-16-12-13-21(32-3)20(14-16)29-24(26-27-28-29)33-22(17-8-5-4-6-9-17)23(30)25-18-10-7-11-19(15-18)31-2/h4-15,22H,1-3H3,(H,25,30)/t22-/m1/s1. The number of tetrazole rings is 1. The van der Waals surface area contributed by atoms with Crippen LogP contribution in [0.1, 0.15) is 16.4 Å². The van der Waals surface area contributed by atoms with Crippen LogP contribution in [0.2, 0.25) is 0 Å². The minimum Gasteiger partial charge on any atom is -0.497 e. The van der Waals surface area contributed by atoms with Crippen molar-refractivity contribution in [1.29, 1.82) is 0 Å². The number of benzene rings is 3. The van der Waals surface area contributed by atoms with Gasteiger partial charge in [0.05, 0.1) is 14.2 Å². The minimum absolute atomic E-state index is 0.204. The molecule has 1 atom stereocenters. The van der Waals surface area contributed by atoms with Crippen molar-refractivity contribution in [1.82, 2.24) is 20.2 Å². The number of amides is 1. The Hall–Kier alpha value is -3.85. The fourth-order valence-corrected chi connectivity index (χ4v) is 4.27. The van der Waals surface area contributed by atoms with Gasteiger partial charge in [0.25, 0.3) is 0 Å². The molecule has 4 aromatic rings. The molecular weight excluding hydrogens is 438 g/mol.